The van der Waals surface area contributed by atoms with Crippen molar-refractivity contribution in [2.45, 2.75) is 33.2 Å². The van der Waals surface area contributed by atoms with Gasteiger partial charge in [-0.25, -0.2) is 0 Å². The summed E-state index contributed by atoms with van der Waals surface area (Å²) in [6.07, 6.45) is 1.99. The van der Waals surface area contributed by atoms with E-state index in [1.54, 1.807) is 11.3 Å². The van der Waals surface area contributed by atoms with Crippen LogP contribution in [0.1, 0.15) is 30.9 Å². The van der Waals surface area contributed by atoms with E-state index in [4.69, 9.17) is 4.74 Å². The van der Waals surface area contributed by atoms with E-state index in [-0.39, 0.29) is 5.97 Å². The number of unbranched alkanes of at least 4 members (excludes halogenated alkanes) is 1. The maximum Gasteiger partial charge on any atom is 0.319 e. The molecular weight excluding hydrogens is 222 g/mol. The number of esters is 1. The quantitative estimate of drug-likeness (QED) is 0.589. The highest BCUT2D eigenvalue weighted by Crippen LogP contribution is 2.12. The topological polar surface area (TPSA) is 38.3 Å². The number of thiophene rings is 1. The average molecular weight is 241 g/mol. The molecule has 0 unspecified atom stereocenters. The van der Waals surface area contributed by atoms with Crippen molar-refractivity contribution in [1.82, 2.24) is 5.32 Å². The Morgan fingerprint density at radius 3 is 2.94 bits per heavy atom. The number of hydrogen-bond donors (Lipinski definition) is 1. The first-order chi connectivity index (χ1) is 7.74. The monoisotopic (exact) mass is 241 g/mol. The lowest BCUT2D eigenvalue weighted by molar-refractivity contribution is -0.142. The number of carbonyl (C=O) groups is 1. The van der Waals surface area contributed by atoms with E-state index in [9.17, 15) is 4.79 Å². The predicted octanol–water partition coefficient (Wildman–Crippen LogP) is 2.49. The summed E-state index contributed by atoms with van der Waals surface area (Å²) in [5, 5.41) is 7.30. The molecule has 0 atom stereocenters. The maximum atomic E-state index is 11.2. The zero-order valence-electron chi connectivity index (χ0n) is 9.91. The van der Waals surface area contributed by atoms with Crippen LogP contribution in [0.25, 0.3) is 0 Å². The van der Waals surface area contributed by atoms with E-state index in [0.717, 1.165) is 19.4 Å². The fourth-order valence-corrected chi connectivity index (χ4v) is 2.11. The fraction of sp³-hybridized carbons (Fsp3) is 0.583. The van der Waals surface area contributed by atoms with E-state index in [0.29, 0.717) is 13.2 Å². The van der Waals surface area contributed by atoms with E-state index < -0.39 is 0 Å². The number of aryl methyl sites for hydroxylation is 1. The lowest BCUT2D eigenvalue weighted by atomic mass is 10.2. The van der Waals surface area contributed by atoms with Crippen molar-refractivity contribution in [3.8, 4) is 0 Å². The molecule has 0 radical (unpaired) electrons. The second-order valence-corrected chi connectivity index (χ2v) is 4.50. The molecule has 0 aliphatic carbocycles. The number of carbonyl (C=O) groups excluding carboxylic acids is 1. The predicted molar refractivity (Wildman–Crippen MR) is 66.6 cm³/mol. The first kappa shape index (κ1) is 13.2. The second kappa shape index (κ2) is 7.41. The Kier molecular flexibility index (Phi) is 6.11. The normalized spacial score (nSPS) is 10.4. The summed E-state index contributed by atoms with van der Waals surface area (Å²) < 4.78 is 5.03. The van der Waals surface area contributed by atoms with Gasteiger partial charge in [0, 0.05) is 6.54 Å². The highest BCUT2D eigenvalue weighted by molar-refractivity contribution is 7.08. The minimum Gasteiger partial charge on any atom is -0.465 e. The van der Waals surface area contributed by atoms with Gasteiger partial charge in [0.2, 0.25) is 0 Å². The summed E-state index contributed by atoms with van der Waals surface area (Å²) >= 11 is 1.69. The van der Waals surface area contributed by atoms with Crippen molar-refractivity contribution in [3.05, 3.63) is 21.9 Å². The van der Waals surface area contributed by atoms with Gasteiger partial charge in [-0.05, 0) is 35.2 Å². The molecule has 0 aliphatic rings. The van der Waals surface area contributed by atoms with Gasteiger partial charge in [-0.15, -0.1) is 0 Å². The first-order valence-corrected chi connectivity index (χ1v) is 6.56. The van der Waals surface area contributed by atoms with Gasteiger partial charge in [0.25, 0.3) is 0 Å². The summed E-state index contributed by atoms with van der Waals surface area (Å²) in [5.41, 5.74) is 2.53. The molecule has 0 saturated heterocycles. The Balaban J connectivity index is 2.11. The Labute approximate surface area is 101 Å². The molecule has 1 N–H and O–H groups in total. The Morgan fingerprint density at radius 2 is 2.31 bits per heavy atom. The molecule has 1 aromatic heterocycles. The van der Waals surface area contributed by atoms with Crippen LogP contribution in [0.15, 0.2) is 10.8 Å². The average Bonchev–Trinajstić information content (AvgIpc) is 2.65. The van der Waals surface area contributed by atoms with Gasteiger partial charge < -0.3 is 10.1 Å². The third-order valence-electron chi connectivity index (χ3n) is 2.31. The fourth-order valence-electron chi connectivity index (χ4n) is 1.25. The van der Waals surface area contributed by atoms with Crippen molar-refractivity contribution >= 4 is 17.3 Å². The molecular formula is C12H19NO2S. The SMILES string of the molecule is CCCCOC(=O)CNCc1cscc1C. The Bertz CT molecular complexity index is 323. The third-order valence-corrected chi connectivity index (χ3v) is 3.22. The summed E-state index contributed by atoms with van der Waals surface area (Å²) in [5.74, 6) is -0.165. The van der Waals surface area contributed by atoms with Gasteiger partial charge in [0.15, 0.2) is 0 Å². The van der Waals surface area contributed by atoms with Crippen LogP contribution in [0.3, 0.4) is 0 Å². The molecule has 0 amide bonds. The van der Waals surface area contributed by atoms with Gasteiger partial charge in [-0.1, -0.05) is 13.3 Å². The molecule has 16 heavy (non-hydrogen) atoms. The third kappa shape index (κ3) is 4.77. The minimum atomic E-state index is -0.165. The molecule has 0 fully saturated rings. The second-order valence-electron chi connectivity index (χ2n) is 3.76. The molecule has 0 aromatic carbocycles. The van der Waals surface area contributed by atoms with Gasteiger partial charge in [-0.3, -0.25) is 4.79 Å². The highest BCUT2D eigenvalue weighted by Gasteiger charge is 2.03. The number of ether oxygens (including phenoxy) is 1. The molecule has 90 valence electrons. The van der Waals surface area contributed by atoms with Gasteiger partial charge in [0.1, 0.15) is 0 Å². The summed E-state index contributed by atoms with van der Waals surface area (Å²) in [7, 11) is 0. The number of rotatable bonds is 7. The van der Waals surface area contributed by atoms with Crippen LogP contribution in [0.2, 0.25) is 0 Å². The van der Waals surface area contributed by atoms with Crippen LogP contribution in [-0.2, 0) is 16.1 Å². The molecule has 1 heterocycles. The first-order valence-electron chi connectivity index (χ1n) is 5.62. The van der Waals surface area contributed by atoms with Gasteiger partial charge in [0.05, 0.1) is 13.2 Å². The summed E-state index contributed by atoms with van der Waals surface area (Å²) in [6.45, 7) is 5.71. The van der Waals surface area contributed by atoms with E-state index >= 15 is 0 Å². The Hall–Kier alpha value is -0.870. The van der Waals surface area contributed by atoms with Crippen molar-refractivity contribution < 1.29 is 9.53 Å². The molecule has 0 spiro atoms. The molecule has 0 aliphatic heterocycles. The van der Waals surface area contributed by atoms with Crippen LogP contribution < -0.4 is 5.32 Å². The van der Waals surface area contributed by atoms with Crippen molar-refractivity contribution in [2.24, 2.45) is 0 Å². The zero-order chi connectivity index (χ0) is 11.8. The molecule has 4 heteroatoms. The largest absolute Gasteiger partial charge is 0.465 e. The van der Waals surface area contributed by atoms with Crippen LogP contribution in [-0.4, -0.2) is 19.1 Å². The summed E-state index contributed by atoms with van der Waals surface area (Å²) in [6, 6.07) is 0. The van der Waals surface area contributed by atoms with Gasteiger partial charge >= 0.3 is 5.97 Å². The smallest absolute Gasteiger partial charge is 0.319 e. The number of hydrogen-bond acceptors (Lipinski definition) is 4. The Morgan fingerprint density at radius 1 is 1.50 bits per heavy atom. The van der Waals surface area contributed by atoms with Crippen LogP contribution in [0, 0.1) is 6.92 Å². The van der Waals surface area contributed by atoms with Crippen molar-refractivity contribution in [3.63, 3.8) is 0 Å². The lowest BCUT2D eigenvalue weighted by Crippen LogP contribution is -2.24. The van der Waals surface area contributed by atoms with E-state index in [2.05, 4.69) is 29.9 Å². The minimum absolute atomic E-state index is 0.165. The van der Waals surface area contributed by atoms with E-state index in [1.807, 2.05) is 0 Å². The summed E-state index contributed by atoms with van der Waals surface area (Å²) in [4.78, 5) is 11.2. The molecule has 1 aromatic rings. The van der Waals surface area contributed by atoms with Crippen LogP contribution in [0.4, 0.5) is 0 Å². The molecule has 0 bridgehead atoms. The number of nitrogens with one attached hydrogen (secondary N) is 1. The molecule has 1 rings (SSSR count). The van der Waals surface area contributed by atoms with Crippen molar-refractivity contribution in [2.75, 3.05) is 13.2 Å². The van der Waals surface area contributed by atoms with Crippen LogP contribution >= 0.6 is 11.3 Å². The van der Waals surface area contributed by atoms with Gasteiger partial charge in [-0.2, -0.15) is 11.3 Å². The van der Waals surface area contributed by atoms with E-state index in [1.165, 1.54) is 11.1 Å². The van der Waals surface area contributed by atoms with Crippen molar-refractivity contribution in [1.29, 1.82) is 0 Å². The molecule has 0 saturated carbocycles. The van der Waals surface area contributed by atoms with Crippen LogP contribution in [0.5, 0.6) is 0 Å². The lowest BCUT2D eigenvalue weighted by Gasteiger charge is -2.05. The zero-order valence-corrected chi connectivity index (χ0v) is 10.7. The highest BCUT2D eigenvalue weighted by atomic mass is 32.1. The maximum absolute atomic E-state index is 11.2. The standard InChI is InChI=1S/C12H19NO2S/c1-3-4-5-15-12(14)7-13-6-11-9-16-8-10(11)2/h8-9,13H,3-7H2,1-2H3. The molecule has 3 nitrogen and oxygen atoms in total.